The summed E-state index contributed by atoms with van der Waals surface area (Å²) in [6.07, 6.45) is -0.261. The summed E-state index contributed by atoms with van der Waals surface area (Å²) in [7, 11) is 0. The number of para-hydroxylation sites is 2. The van der Waals surface area contributed by atoms with Crippen molar-refractivity contribution in [2.45, 2.75) is 13.0 Å². The fourth-order valence-electron chi connectivity index (χ4n) is 3.67. The van der Waals surface area contributed by atoms with E-state index in [-0.39, 0.29) is 17.4 Å². The van der Waals surface area contributed by atoms with Crippen molar-refractivity contribution in [3.63, 3.8) is 0 Å². The third kappa shape index (κ3) is 3.95. The molecule has 1 aliphatic rings. The molecule has 1 aromatic heterocycles. The summed E-state index contributed by atoms with van der Waals surface area (Å²) in [6, 6.07) is 21.4. The first-order valence-electron chi connectivity index (χ1n) is 10.4. The number of nitrogens with one attached hydrogen (secondary N) is 1. The maximum Gasteiger partial charge on any atom is 0.251 e. The van der Waals surface area contributed by atoms with Gasteiger partial charge in [0.25, 0.3) is 5.91 Å². The van der Waals surface area contributed by atoms with E-state index >= 15 is 0 Å². The average molecular weight is 427 g/mol. The number of benzene rings is 3. The van der Waals surface area contributed by atoms with Gasteiger partial charge in [0.1, 0.15) is 24.1 Å². The molecule has 0 spiro atoms. The summed E-state index contributed by atoms with van der Waals surface area (Å²) >= 11 is 0. The van der Waals surface area contributed by atoms with Crippen molar-refractivity contribution in [3.05, 3.63) is 94.1 Å². The van der Waals surface area contributed by atoms with Crippen molar-refractivity contribution in [2.24, 2.45) is 0 Å². The molecular formula is C26H21NO5. The molecule has 3 aromatic carbocycles. The third-order valence-corrected chi connectivity index (χ3v) is 5.37. The first-order valence-corrected chi connectivity index (χ1v) is 10.4. The van der Waals surface area contributed by atoms with Crippen LogP contribution in [0.4, 0.5) is 0 Å². The number of carbonyl (C=O) groups is 1. The summed E-state index contributed by atoms with van der Waals surface area (Å²) in [6.45, 7) is 2.63. The third-order valence-electron chi connectivity index (χ3n) is 5.37. The highest BCUT2D eigenvalue weighted by molar-refractivity contribution is 5.94. The van der Waals surface area contributed by atoms with Crippen molar-refractivity contribution in [2.75, 3.05) is 13.2 Å². The van der Waals surface area contributed by atoms with Gasteiger partial charge in [0, 0.05) is 17.2 Å². The zero-order valence-corrected chi connectivity index (χ0v) is 17.5. The zero-order chi connectivity index (χ0) is 22.1. The molecule has 5 rings (SSSR count). The van der Waals surface area contributed by atoms with Crippen molar-refractivity contribution >= 4 is 16.9 Å². The fraction of sp³-hybridized carbons (Fsp3) is 0.154. The van der Waals surface area contributed by atoms with Gasteiger partial charge in [-0.15, -0.1) is 0 Å². The highest BCUT2D eigenvalue weighted by atomic mass is 16.6. The van der Waals surface area contributed by atoms with Gasteiger partial charge in [-0.1, -0.05) is 35.9 Å². The molecular weight excluding hydrogens is 406 g/mol. The number of hydrogen-bond acceptors (Lipinski definition) is 5. The fourth-order valence-corrected chi connectivity index (χ4v) is 3.67. The minimum absolute atomic E-state index is 0.0944. The summed E-state index contributed by atoms with van der Waals surface area (Å²) in [5.74, 6) is 1.63. The first-order chi connectivity index (χ1) is 15.6. The number of carbonyl (C=O) groups excluding carboxylic acids is 1. The van der Waals surface area contributed by atoms with Crippen LogP contribution in [-0.2, 0) is 0 Å². The van der Waals surface area contributed by atoms with Gasteiger partial charge in [-0.25, -0.2) is 0 Å². The monoisotopic (exact) mass is 427 g/mol. The van der Waals surface area contributed by atoms with Crippen LogP contribution in [0, 0.1) is 6.92 Å². The molecule has 0 bridgehead atoms. The second-order valence-electron chi connectivity index (χ2n) is 7.76. The summed E-state index contributed by atoms with van der Waals surface area (Å²) in [4.78, 5) is 25.0. The predicted molar refractivity (Wildman–Crippen MR) is 121 cm³/mol. The lowest BCUT2D eigenvalue weighted by atomic mass is 10.1. The number of rotatable bonds is 4. The van der Waals surface area contributed by atoms with Crippen LogP contribution < -0.4 is 20.2 Å². The molecule has 0 fully saturated rings. The van der Waals surface area contributed by atoms with Crippen LogP contribution in [0.25, 0.3) is 22.3 Å². The van der Waals surface area contributed by atoms with E-state index < -0.39 is 0 Å². The topological polar surface area (TPSA) is 77.8 Å². The van der Waals surface area contributed by atoms with Crippen molar-refractivity contribution in [1.82, 2.24) is 5.32 Å². The Bertz CT molecular complexity index is 1360. The van der Waals surface area contributed by atoms with Crippen molar-refractivity contribution < 1.29 is 18.7 Å². The quantitative estimate of drug-likeness (QED) is 0.524. The molecule has 0 radical (unpaired) electrons. The van der Waals surface area contributed by atoms with E-state index in [2.05, 4.69) is 5.32 Å². The molecule has 0 saturated heterocycles. The standard InChI is InChI=1S/C26H21NO5/c1-16-6-11-22-20(12-16)21(28)13-25(32-22)17-7-9-18(10-8-17)26(29)27-14-19-15-30-23-4-2-3-5-24(23)31-19/h2-13,19H,14-15H2,1H3,(H,27,29). The van der Waals surface area contributed by atoms with Crippen LogP contribution in [0.1, 0.15) is 15.9 Å². The van der Waals surface area contributed by atoms with E-state index in [1.165, 1.54) is 6.07 Å². The normalized spacial score (nSPS) is 14.8. The number of fused-ring (bicyclic) bond motifs is 2. The molecule has 6 heteroatoms. The molecule has 0 saturated carbocycles. The minimum atomic E-state index is -0.261. The summed E-state index contributed by atoms with van der Waals surface area (Å²) in [5, 5.41) is 3.44. The van der Waals surface area contributed by atoms with E-state index in [1.807, 2.05) is 43.3 Å². The first kappa shape index (κ1) is 19.9. The molecule has 1 N–H and O–H groups in total. The largest absolute Gasteiger partial charge is 0.486 e. The van der Waals surface area contributed by atoms with Crippen LogP contribution in [0.2, 0.25) is 0 Å². The smallest absolute Gasteiger partial charge is 0.251 e. The lowest BCUT2D eigenvalue weighted by Gasteiger charge is -2.26. The van der Waals surface area contributed by atoms with Gasteiger partial charge in [-0.3, -0.25) is 9.59 Å². The highest BCUT2D eigenvalue weighted by Crippen LogP contribution is 2.30. The minimum Gasteiger partial charge on any atom is -0.486 e. The Kier molecular flexibility index (Phi) is 5.11. The van der Waals surface area contributed by atoms with Crippen LogP contribution in [-0.4, -0.2) is 25.2 Å². The molecule has 1 atom stereocenters. The van der Waals surface area contributed by atoms with Crippen LogP contribution in [0.5, 0.6) is 11.5 Å². The van der Waals surface area contributed by atoms with E-state index in [0.29, 0.717) is 46.9 Å². The average Bonchev–Trinajstić information content (AvgIpc) is 2.83. The lowest BCUT2D eigenvalue weighted by Crippen LogP contribution is -2.40. The van der Waals surface area contributed by atoms with Gasteiger partial charge < -0.3 is 19.2 Å². The van der Waals surface area contributed by atoms with Crippen molar-refractivity contribution in [1.29, 1.82) is 0 Å². The van der Waals surface area contributed by atoms with E-state index in [4.69, 9.17) is 13.9 Å². The molecule has 160 valence electrons. The second kappa shape index (κ2) is 8.23. The number of amides is 1. The Morgan fingerprint density at radius 2 is 1.78 bits per heavy atom. The van der Waals surface area contributed by atoms with E-state index in [1.54, 1.807) is 30.3 Å². The molecule has 1 unspecified atom stereocenters. The Labute approximate surface area is 184 Å². The van der Waals surface area contributed by atoms with Crippen LogP contribution >= 0.6 is 0 Å². The Balaban J connectivity index is 1.27. The Morgan fingerprint density at radius 1 is 1.00 bits per heavy atom. The number of hydrogen-bond donors (Lipinski definition) is 1. The SMILES string of the molecule is Cc1ccc2oc(-c3ccc(C(=O)NCC4COc5ccccc5O4)cc3)cc(=O)c2c1. The molecule has 1 amide bonds. The van der Waals surface area contributed by atoms with E-state index in [0.717, 1.165) is 11.1 Å². The van der Waals surface area contributed by atoms with E-state index in [9.17, 15) is 9.59 Å². The van der Waals surface area contributed by atoms with Gasteiger partial charge in [0.15, 0.2) is 16.9 Å². The Hall–Kier alpha value is -4.06. The molecule has 6 nitrogen and oxygen atoms in total. The number of aryl methyl sites for hydroxylation is 1. The van der Waals surface area contributed by atoms with Gasteiger partial charge in [0.05, 0.1) is 11.9 Å². The van der Waals surface area contributed by atoms with Crippen LogP contribution in [0.3, 0.4) is 0 Å². The zero-order valence-electron chi connectivity index (χ0n) is 17.5. The number of ether oxygens (including phenoxy) is 2. The lowest BCUT2D eigenvalue weighted by molar-refractivity contribution is 0.0789. The van der Waals surface area contributed by atoms with Crippen molar-refractivity contribution in [3.8, 4) is 22.8 Å². The maximum absolute atomic E-state index is 12.6. The summed E-state index contributed by atoms with van der Waals surface area (Å²) in [5.41, 5.74) is 2.67. The van der Waals surface area contributed by atoms with Gasteiger partial charge in [-0.2, -0.15) is 0 Å². The van der Waals surface area contributed by atoms with Crippen LogP contribution in [0.15, 0.2) is 82.0 Å². The van der Waals surface area contributed by atoms with Gasteiger partial charge in [-0.05, 0) is 43.3 Å². The van der Waals surface area contributed by atoms with Gasteiger partial charge in [0.2, 0.25) is 0 Å². The molecule has 1 aliphatic heterocycles. The maximum atomic E-state index is 12.6. The molecule has 4 aromatic rings. The Morgan fingerprint density at radius 3 is 2.59 bits per heavy atom. The van der Waals surface area contributed by atoms with Gasteiger partial charge >= 0.3 is 0 Å². The highest BCUT2D eigenvalue weighted by Gasteiger charge is 2.21. The summed E-state index contributed by atoms with van der Waals surface area (Å²) < 4.78 is 17.4. The molecule has 0 aliphatic carbocycles. The molecule has 32 heavy (non-hydrogen) atoms. The predicted octanol–water partition coefficient (Wildman–Crippen LogP) is 4.34. The second-order valence-corrected chi connectivity index (χ2v) is 7.76. The molecule has 2 heterocycles.